The molecule has 2 aromatic heterocycles. The average molecular weight is 384 g/mol. The SMILES string of the molecule is CCn1c(S[C@@H](C)C(=O)Nc2cccc(C#N)c2)nnc1-c1cccs1. The van der Waals surface area contributed by atoms with Gasteiger partial charge in [0.05, 0.1) is 21.8 Å². The van der Waals surface area contributed by atoms with Crippen LogP contribution in [0.4, 0.5) is 5.69 Å². The molecule has 3 rings (SSSR count). The van der Waals surface area contributed by atoms with Gasteiger partial charge in [-0.25, -0.2) is 0 Å². The predicted molar refractivity (Wildman–Crippen MR) is 104 cm³/mol. The number of anilines is 1. The second kappa shape index (κ2) is 8.17. The van der Waals surface area contributed by atoms with Crippen molar-refractivity contribution in [2.75, 3.05) is 5.32 Å². The van der Waals surface area contributed by atoms with Crippen molar-refractivity contribution in [1.82, 2.24) is 14.8 Å². The van der Waals surface area contributed by atoms with E-state index in [0.717, 1.165) is 17.2 Å². The fourth-order valence-corrected chi connectivity index (χ4v) is 4.00. The summed E-state index contributed by atoms with van der Waals surface area (Å²) in [4.78, 5) is 13.5. The monoisotopic (exact) mass is 383 g/mol. The number of carbonyl (C=O) groups excluding carboxylic acids is 1. The molecule has 0 bridgehead atoms. The van der Waals surface area contributed by atoms with Gasteiger partial charge in [-0.2, -0.15) is 5.26 Å². The number of benzene rings is 1. The lowest BCUT2D eigenvalue weighted by Crippen LogP contribution is -2.23. The molecule has 1 aromatic carbocycles. The lowest BCUT2D eigenvalue weighted by Gasteiger charge is -2.12. The highest BCUT2D eigenvalue weighted by Crippen LogP contribution is 2.29. The summed E-state index contributed by atoms with van der Waals surface area (Å²) >= 11 is 2.98. The van der Waals surface area contributed by atoms with Crippen LogP contribution in [-0.4, -0.2) is 25.9 Å². The summed E-state index contributed by atoms with van der Waals surface area (Å²) < 4.78 is 2.01. The number of thiophene rings is 1. The Morgan fingerprint density at radius 3 is 2.92 bits per heavy atom. The number of amides is 1. The normalized spacial score (nSPS) is 11.7. The van der Waals surface area contributed by atoms with E-state index in [1.165, 1.54) is 11.8 Å². The van der Waals surface area contributed by atoms with Gasteiger partial charge in [-0.3, -0.25) is 4.79 Å². The van der Waals surface area contributed by atoms with E-state index >= 15 is 0 Å². The summed E-state index contributed by atoms with van der Waals surface area (Å²) in [5, 5.41) is 22.7. The summed E-state index contributed by atoms with van der Waals surface area (Å²) in [6.07, 6.45) is 0. The van der Waals surface area contributed by atoms with E-state index < -0.39 is 0 Å². The van der Waals surface area contributed by atoms with Gasteiger partial charge in [0.25, 0.3) is 0 Å². The van der Waals surface area contributed by atoms with Gasteiger partial charge in [-0.1, -0.05) is 23.9 Å². The third kappa shape index (κ3) is 3.95. The van der Waals surface area contributed by atoms with Crippen LogP contribution in [0, 0.1) is 11.3 Å². The number of nitrogens with one attached hydrogen (secondary N) is 1. The number of hydrogen-bond acceptors (Lipinski definition) is 6. The minimum Gasteiger partial charge on any atom is -0.325 e. The summed E-state index contributed by atoms with van der Waals surface area (Å²) in [5.41, 5.74) is 1.12. The van der Waals surface area contributed by atoms with E-state index in [-0.39, 0.29) is 11.2 Å². The van der Waals surface area contributed by atoms with Crippen molar-refractivity contribution in [1.29, 1.82) is 5.26 Å². The first kappa shape index (κ1) is 18.2. The molecule has 1 atom stereocenters. The topological polar surface area (TPSA) is 83.6 Å². The maximum absolute atomic E-state index is 12.5. The molecule has 0 saturated heterocycles. The molecule has 8 heteroatoms. The van der Waals surface area contributed by atoms with Crippen LogP contribution in [0.15, 0.2) is 46.9 Å². The Labute approximate surface area is 159 Å². The Bertz CT molecular complexity index is 943. The van der Waals surface area contributed by atoms with Crippen LogP contribution in [0.3, 0.4) is 0 Å². The Morgan fingerprint density at radius 1 is 1.38 bits per heavy atom. The van der Waals surface area contributed by atoms with Gasteiger partial charge in [0, 0.05) is 12.2 Å². The van der Waals surface area contributed by atoms with Gasteiger partial charge in [0.2, 0.25) is 5.91 Å². The van der Waals surface area contributed by atoms with E-state index in [0.29, 0.717) is 16.4 Å². The molecule has 1 amide bonds. The van der Waals surface area contributed by atoms with Crippen LogP contribution in [-0.2, 0) is 11.3 Å². The minimum atomic E-state index is -0.355. The third-order valence-electron chi connectivity index (χ3n) is 3.69. The number of hydrogen-bond donors (Lipinski definition) is 1. The highest BCUT2D eigenvalue weighted by molar-refractivity contribution is 8.00. The molecular weight excluding hydrogens is 366 g/mol. The fraction of sp³-hybridized carbons (Fsp3) is 0.222. The molecule has 0 unspecified atom stereocenters. The van der Waals surface area contributed by atoms with Crippen LogP contribution in [0.25, 0.3) is 10.7 Å². The molecule has 0 radical (unpaired) electrons. The molecule has 26 heavy (non-hydrogen) atoms. The highest BCUT2D eigenvalue weighted by atomic mass is 32.2. The van der Waals surface area contributed by atoms with Crippen LogP contribution < -0.4 is 5.32 Å². The third-order valence-corrected chi connectivity index (χ3v) is 5.63. The summed E-state index contributed by atoms with van der Waals surface area (Å²) in [6, 6.07) is 12.9. The van der Waals surface area contributed by atoms with Crippen LogP contribution in [0.1, 0.15) is 19.4 Å². The number of rotatable bonds is 6. The maximum atomic E-state index is 12.5. The molecule has 0 fully saturated rings. The van der Waals surface area contributed by atoms with Gasteiger partial charge in [-0.15, -0.1) is 21.5 Å². The van der Waals surface area contributed by atoms with Crippen molar-refractivity contribution in [2.45, 2.75) is 30.8 Å². The van der Waals surface area contributed by atoms with Crippen molar-refractivity contribution in [3.63, 3.8) is 0 Å². The van der Waals surface area contributed by atoms with E-state index in [1.807, 2.05) is 35.9 Å². The molecule has 6 nitrogen and oxygen atoms in total. The zero-order chi connectivity index (χ0) is 18.5. The molecule has 0 spiro atoms. The van der Waals surface area contributed by atoms with Gasteiger partial charge in [0.1, 0.15) is 0 Å². The van der Waals surface area contributed by atoms with Crippen LogP contribution in [0.2, 0.25) is 0 Å². The first-order chi connectivity index (χ1) is 12.6. The molecule has 1 N–H and O–H groups in total. The largest absolute Gasteiger partial charge is 0.325 e. The van der Waals surface area contributed by atoms with E-state index in [1.54, 1.807) is 35.6 Å². The van der Waals surface area contributed by atoms with Crippen molar-refractivity contribution in [3.05, 3.63) is 47.3 Å². The van der Waals surface area contributed by atoms with Crippen LogP contribution in [0.5, 0.6) is 0 Å². The standard InChI is InChI=1S/C18H17N5OS2/c1-3-23-16(15-8-5-9-25-15)21-22-18(23)26-12(2)17(24)20-14-7-4-6-13(10-14)11-19/h4-10,12H,3H2,1-2H3,(H,20,24)/t12-/m0/s1. The van der Waals surface area contributed by atoms with Crippen molar-refractivity contribution < 1.29 is 4.79 Å². The number of carbonyl (C=O) groups is 1. The van der Waals surface area contributed by atoms with Crippen molar-refractivity contribution >= 4 is 34.7 Å². The first-order valence-corrected chi connectivity index (χ1v) is 9.83. The number of thioether (sulfide) groups is 1. The van der Waals surface area contributed by atoms with Gasteiger partial charge < -0.3 is 9.88 Å². The molecule has 0 aliphatic carbocycles. The molecule has 0 aliphatic heterocycles. The first-order valence-electron chi connectivity index (χ1n) is 8.07. The molecule has 3 aromatic rings. The Kier molecular flexibility index (Phi) is 5.71. The number of aromatic nitrogens is 3. The summed E-state index contributed by atoms with van der Waals surface area (Å²) in [5.74, 6) is 0.674. The molecule has 0 saturated carbocycles. The van der Waals surface area contributed by atoms with Gasteiger partial charge >= 0.3 is 0 Å². The van der Waals surface area contributed by atoms with Crippen molar-refractivity contribution in [3.8, 4) is 16.8 Å². The van der Waals surface area contributed by atoms with Gasteiger partial charge in [-0.05, 0) is 43.5 Å². The molecule has 2 heterocycles. The average Bonchev–Trinajstić information content (AvgIpc) is 3.31. The Balaban J connectivity index is 1.72. The predicted octanol–water partition coefficient (Wildman–Crippen LogP) is 4.02. The lowest BCUT2D eigenvalue weighted by molar-refractivity contribution is -0.115. The van der Waals surface area contributed by atoms with Crippen LogP contribution >= 0.6 is 23.1 Å². The Hall–Kier alpha value is -2.63. The number of nitrogens with zero attached hydrogens (tertiary/aromatic N) is 4. The zero-order valence-electron chi connectivity index (χ0n) is 14.3. The second-order valence-electron chi connectivity index (χ2n) is 5.47. The van der Waals surface area contributed by atoms with E-state index in [9.17, 15) is 4.79 Å². The zero-order valence-corrected chi connectivity index (χ0v) is 16.0. The fourth-order valence-electron chi connectivity index (χ4n) is 2.37. The summed E-state index contributed by atoms with van der Waals surface area (Å²) in [7, 11) is 0. The second-order valence-corrected chi connectivity index (χ2v) is 7.73. The molecule has 0 aliphatic rings. The molecular formula is C18H17N5OS2. The van der Waals surface area contributed by atoms with Crippen molar-refractivity contribution in [2.24, 2.45) is 0 Å². The highest BCUT2D eigenvalue weighted by Gasteiger charge is 2.20. The van der Waals surface area contributed by atoms with E-state index in [2.05, 4.69) is 21.6 Å². The maximum Gasteiger partial charge on any atom is 0.237 e. The lowest BCUT2D eigenvalue weighted by atomic mass is 10.2. The minimum absolute atomic E-state index is 0.145. The smallest absolute Gasteiger partial charge is 0.237 e. The summed E-state index contributed by atoms with van der Waals surface area (Å²) in [6.45, 7) is 4.58. The van der Waals surface area contributed by atoms with Gasteiger partial charge in [0.15, 0.2) is 11.0 Å². The molecule has 132 valence electrons. The number of nitriles is 1. The Morgan fingerprint density at radius 2 is 2.23 bits per heavy atom. The van der Waals surface area contributed by atoms with E-state index in [4.69, 9.17) is 5.26 Å². The quantitative estimate of drug-likeness (QED) is 0.650.